The molecule has 22 heavy (non-hydrogen) atoms. The van der Waals surface area contributed by atoms with Crippen molar-refractivity contribution < 1.29 is 4.74 Å². The zero-order valence-corrected chi connectivity index (χ0v) is 12.9. The van der Waals surface area contributed by atoms with E-state index in [2.05, 4.69) is 44.1 Å². The van der Waals surface area contributed by atoms with E-state index in [0.29, 0.717) is 18.0 Å². The summed E-state index contributed by atoms with van der Waals surface area (Å²) in [4.78, 5) is 15.0. The number of ether oxygens (including phenoxy) is 1. The maximum Gasteiger partial charge on any atom is 0.175 e. The number of hydrogen-bond donors (Lipinski definition) is 1. The summed E-state index contributed by atoms with van der Waals surface area (Å²) >= 11 is 0. The van der Waals surface area contributed by atoms with Crippen molar-refractivity contribution in [1.82, 2.24) is 29.6 Å². The second-order valence-electron chi connectivity index (χ2n) is 5.55. The van der Waals surface area contributed by atoms with Gasteiger partial charge in [0.05, 0.1) is 24.6 Å². The summed E-state index contributed by atoms with van der Waals surface area (Å²) in [6, 6.07) is 0. The molecule has 118 valence electrons. The fraction of sp³-hybridized carbons (Fsp3) is 0.571. The van der Waals surface area contributed by atoms with Crippen LogP contribution in [0, 0.1) is 0 Å². The van der Waals surface area contributed by atoms with Gasteiger partial charge >= 0.3 is 0 Å². The topological polar surface area (TPSA) is 81.0 Å². The van der Waals surface area contributed by atoms with Crippen molar-refractivity contribution in [2.75, 3.05) is 31.5 Å². The van der Waals surface area contributed by atoms with E-state index in [9.17, 15) is 0 Å². The Kier molecular flexibility index (Phi) is 4.59. The molecule has 2 atom stereocenters. The Morgan fingerprint density at radius 1 is 1.23 bits per heavy atom. The van der Waals surface area contributed by atoms with Crippen molar-refractivity contribution in [2.24, 2.45) is 0 Å². The van der Waals surface area contributed by atoms with E-state index < -0.39 is 0 Å². The van der Waals surface area contributed by atoms with Crippen LogP contribution in [0.2, 0.25) is 0 Å². The Balaban J connectivity index is 1.52. The molecule has 0 saturated carbocycles. The highest BCUT2D eigenvalue weighted by atomic mass is 16.5. The predicted molar refractivity (Wildman–Crippen MR) is 81.9 cm³/mol. The number of nitrogens with one attached hydrogen (secondary N) is 1. The van der Waals surface area contributed by atoms with Crippen molar-refractivity contribution in [3.8, 4) is 5.82 Å². The molecular formula is C14H21N7O. The Labute approximate surface area is 129 Å². The lowest BCUT2D eigenvalue weighted by molar-refractivity contribution is -0.0667. The van der Waals surface area contributed by atoms with Gasteiger partial charge in [0.1, 0.15) is 18.5 Å². The molecule has 0 radical (unpaired) electrons. The molecule has 2 aromatic rings. The van der Waals surface area contributed by atoms with Gasteiger partial charge in [0.15, 0.2) is 5.82 Å². The van der Waals surface area contributed by atoms with E-state index in [1.165, 1.54) is 6.33 Å². The molecule has 0 amide bonds. The minimum atomic E-state index is 0.291. The quantitative estimate of drug-likeness (QED) is 0.865. The van der Waals surface area contributed by atoms with E-state index in [4.69, 9.17) is 4.74 Å². The van der Waals surface area contributed by atoms with Crippen LogP contribution in [-0.2, 0) is 4.74 Å². The number of aromatic nitrogens is 5. The molecule has 3 rings (SSSR count). The van der Waals surface area contributed by atoms with Crippen LogP contribution in [0.5, 0.6) is 0 Å². The van der Waals surface area contributed by atoms with Gasteiger partial charge < -0.3 is 10.1 Å². The summed E-state index contributed by atoms with van der Waals surface area (Å²) in [5, 5.41) is 7.36. The van der Waals surface area contributed by atoms with Crippen molar-refractivity contribution in [3.63, 3.8) is 0 Å². The van der Waals surface area contributed by atoms with Crippen LogP contribution >= 0.6 is 0 Å². The maximum atomic E-state index is 5.74. The Bertz CT molecular complexity index is 579. The molecule has 1 N–H and O–H groups in total. The SMILES string of the molecule is C[C@@H]1CN(CCNc2cncc(-n3cncn3)n2)C[C@H](C)O1. The van der Waals surface area contributed by atoms with Crippen molar-refractivity contribution in [1.29, 1.82) is 0 Å². The number of rotatable bonds is 5. The lowest BCUT2D eigenvalue weighted by Gasteiger charge is -2.35. The molecule has 1 fully saturated rings. The molecule has 1 aliphatic heterocycles. The number of hydrogen-bond acceptors (Lipinski definition) is 7. The maximum absolute atomic E-state index is 5.74. The van der Waals surface area contributed by atoms with E-state index in [1.54, 1.807) is 23.4 Å². The van der Waals surface area contributed by atoms with E-state index in [-0.39, 0.29) is 0 Å². The first-order chi connectivity index (χ1) is 10.7. The summed E-state index contributed by atoms with van der Waals surface area (Å²) in [6.07, 6.45) is 7.03. The third-order valence-electron chi connectivity index (χ3n) is 3.50. The van der Waals surface area contributed by atoms with Gasteiger partial charge in [-0.05, 0) is 13.8 Å². The van der Waals surface area contributed by atoms with Gasteiger partial charge in [-0.15, -0.1) is 0 Å². The lowest BCUT2D eigenvalue weighted by atomic mass is 10.2. The van der Waals surface area contributed by atoms with Crippen LogP contribution in [0.25, 0.3) is 5.82 Å². The van der Waals surface area contributed by atoms with Gasteiger partial charge in [0.2, 0.25) is 0 Å². The summed E-state index contributed by atoms with van der Waals surface area (Å²) in [6.45, 7) is 7.93. The fourth-order valence-electron chi connectivity index (χ4n) is 2.69. The number of anilines is 1. The molecule has 8 nitrogen and oxygen atoms in total. The second-order valence-corrected chi connectivity index (χ2v) is 5.55. The van der Waals surface area contributed by atoms with Crippen LogP contribution in [0.3, 0.4) is 0 Å². The summed E-state index contributed by atoms with van der Waals surface area (Å²) in [5.41, 5.74) is 0. The monoisotopic (exact) mass is 303 g/mol. The third-order valence-corrected chi connectivity index (χ3v) is 3.50. The smallest absolute Gasteiger partial charge is 0.175 e. The average Bonchev–Trinajstić information content (AvgIpc) is 3.01. The highest BCUT2D eigenvalue weighted by molar-refractivity contribution is 5.35. The largest absolute Gasteiger partial charge is 0.373 e. The van der Waals surface area contributed by atoms with Crippen LogP contribution in [-0.4, -0.2) is 68.0 Å². The molecule has 0 aromatic carbocycles. The highest BCUT2D eigenvalue weighted by Gasteiger charge is 2.21. The molecule has 2 aromatic heterocycles. The first kappa shape index (κ1) is 14.9. The molecule has 0 spiro atoms. The van der Waals surface area contributed by atoms with Gasteiger partial charge in [-0.2, -0.15) is 5.10 Å². The van der Waals surface area contributed by atoms with E-state index in [0.717, 1.165) is 32.0 Å². The van der Waals surface area contributed by atoms with Crippen molar-refractivity contribution >= 4 is 5.82 Å². The molecule has 8 heteroatoms. The second kappa shape index (κ2) is 6.80. The molecule has 0 aliphatic carbocycles. The standard InChI is InChI=1S/C14H21N7O/c1-11-7-20(8-12(2)22-11)4-3-17-13-5-15-6-14(19-13)21-10-16-9-18-21/h5-6,9-12H,3-4,7-8H2,1-2H3,(H,17,19)/t11-,12+. The zero-order chi connectivity index (χ0) is 15.4. The van der Waals surface area contributed by atoms with Crippen molar-refractivity contribution in [2.45, 2.75) is 26.1 Å². The molecule has 1 aliphatic rings. The van der Waals surface area contributed by atoms with Gasteiger partial charge in [0.25, 0.3) is 0 Å². The molecular weight excluding hydrogens is 282 g/mol. The summed E-state index contributed by atoms with van der Waals surface area (Å²) in [5.74, 6) is 1.39. The molecule has 0 unspecified atom stereocenters. The molecule has 3 heterocycles. The normalized spacial score (nSPS) is 22.6. The average molecular weight is 303 g/mol. The van der Waals surface area contributed by atoms with E-state index in [1.807, 2.05) is 0 Å². The van der Waals surface area contributed by atoms with Crippen molar-refractivity contribution in [3.05, 3.63) is 25.0 Å². The highest BCUT2D eigenvalue weighted by Crippen LogP contribution is 2.10. The minimum Gasteiger partial charge on any atom is -0.373 e. The molecule has 0 bridgehead atoms. The first-order valence-electron chi connectivity index (χ1n) is 7.49. The van der Waals surface area contributed by atoms with Crippen LogP contribution in [0.15, 0.2) is 25.0 Å². The first-order valence-corrected chi connectivity index (χ1v) is 7.49. The Morgan fingerprint density at radius 2 is 2.05 bits per heavy atom. The fourth-order valence-corrected chi connectivity index (χ4v) is 2.69. The number of morpholine rings is 1. The van der Waals surface area contributed by atoms with Gasteiger partial charge in [-0.1, -0.05) is 0 Å². The summed E-state index contributed by atoms with van der Waals surface area (Å²) in [7, 11) is 0. The summed E-state index contributed by atoms with van der Waals surface area (Å²) < 4.78 is 7.32. The van der Waals surface area contributed by atoms with E-state index >= 15 is 0 Å². The minimum absolute atomic E-state index is 0.291. The Morgan fingerprint density at radius 3 is 2.77 bits per heavy atom. The lowest BCUT2D eigenvalue weighted by Crippen LogP contribution is -2.46. The predicted octanol–water partition coefficient (Wildman–Crippen LogP) is 0.578. The Hall–Kier alpha value is -2.06. The van der Waals surface area contributed by atoms with Crippen LogP contribution in [0.4, 0.5) is 5.82 Å². The molecule has 1 saturated heterocycles. The van der Waals surface area contributed by atoms with Gasteiger partial charge in [-0.25, -0.2) is 14.6 Å². The number of nitrogens with zero attached hydrogens (tertiary/aromatic N) is 6. The zero-order valence-electron chi connectivity index (χ0n) is 12.9. The van der Waals surface area contributed by atoms with Gasteiger partial charge in [-0.3, -0.25) is 9.88 Å². The van der Waals surface area contributed by atoms with Crippen LogP contribution in [0.1, 0.15) is 13.8 Å². The van der Waals surface area contributed by atoms with Gasteiger partial charge in [0, 0.05) is 26.2 Å². The van der Waals surface area contributed by atoms with Crippen LogP contribution < -0.4 is 5.32 Å². The third kappa shape index (κ3) is 3.77.